The van der Waals surface area contributed by atoms with Gasteiger partial charge in [-0.3, -0.25) is 9.78 Å². The molecule has 0 aliphatic heterocycles. The second kappa shape index (κ2) is 7.35. The van der Waals surface area contributed by atoms with Gasteiger partial charge in [-0.25, -0.2) is 4.79 Å². The van der Waals surface area contributed by atoms with Gasteiger partial charge in [-0.05, 0) is 12.0 Å². The van der Waals surface area contributed by atoms with E-state index in [0.717, 1.165) is 5.56 Å². The van der Waals surface area contributed by atoms with Gasteiger partial charge in [-0.15, -0.1) is 0 Å². The van der Waals surface area contributed by atoms with Crippen molar-refractivity contribution in [3.8, 4) is 0 Å². The average molecular weight is 265 g/mol. The summed E-state index contributed by atoms with van der Waals surface area (Å²) < 4.78 is 5.07. The molecule has 0 fully saturated rings. The maximum atomic E-state index is 11.7. The first-order valence-corrected chi connectivity index (χ1v) is 6.04. The summed E-state index contributed by atoms with van der Waals surface area (Å²) in [7, 11) is 1.61. The van der Waals surface area contributed by atoms with Crippen molar-refractivity contribution in [3.63, 3.8) is 0 Å². The van der Waals surface area contributed by atoms with E-state index in [4.69, 9.17) is 4.74 Å². The van der Waals surface area contributed by atoms with Gasteiger partial charge < -0.3 is 15.0 Å². The molecule has 0 aliphatic carbocycles. The fourth-order valence-electron chi connectivity index (χ4n) is 1.60. The van der Waals surface area contributed by atoms with E-state index >= 15 is 0 Å². The van der Waals surface area contributed by atoms with Crippen molar-refractivity contribution in [3.05, 3.63) is 30.1 Å². The van der Waals surface area contributed by atoms with E-state index in [9.17, 15) is 9.59 Å². The number of hydrogen-bond donors (Lipinski definition) is 1. The smallest absolute Gasteiger partial charge is 0.409 e. The first kappa shape index (κ1) is 14.9. The van der Waals surface area contributed by atoms with Gasteiger partial charge in [0.1, 0.15) is 12.8 Å². The predicted molar refractivity (Wildman–Crippen MR) is 70.0 cm³/mol. The molecule has 0 saturated heterocycles. The third-order valence-electron chi connectivity index (χ3n) is 2.59. The van der Waals surface area contributed by atoms with Crippen molar-refractivity contribution >= 4 is 12.5 Å². The quantitative estimate of drug-likeness (QED) is 0.623. The summed E-state index contributed by atoms with van der Waals surface area (Å²) in [4.78, 5) is 27.7. The normalized spacial score (nSPS) is 11.8. The number of ether oxygens (including phenoxy) is 1. The summed E-state index contributed by atoms with van der Waals surface area (Å²) in [6, 6.07) is 3.59. The summed E-state index contributed by atoms with van der Waals surface area (Å²) in [5.41, 5.74) is 0.808. The second-order valence-electron chi connectivity index (χ2n) is 4.54. The Morgan fingerprint density at radius 2 is 2.32 bits per heavy atom. The Balaban J connectivity index is 2.47. The molecule has 1 atom stereocenters. The fraction of sp³-hybridized carbons (Fsp3) is 0.462. The number of carbonyl (C=O) groups is 2. The molecule has 1 heterocycles. The van der Waals surface area contributed by atoms with Crippen molar-refractivity contribution in [1.82, 2.24) is 15.2 Å². The molecule has 1 N–H and O–H groups in total. The van der Waals surface area contributed by atoms with Crippen LogP contribution in [0.4, 0.5) is 4.79 Å². The summed E-state index contributed by atoms with van der Waals surface area (Å²) in [5, 5.41) is 2.65. The first-order valence-electron chi connectivity index (χ1n) is 6.04. The predicted octanol–water partition coefficient (Wildman–Crippen LogP) is 1.38. The number of aromatic nitrogens is 1. The SMILES string of the molecule is CC(C)C(NC(=O)OCc1cccnc1)N(C)C=O. The maximum absolute atomic E-state index is 11.7. The molecule has 0 bridgehead atoms. The second-order valence-corrected chi connectivity index (χ2v) is 4.54. The standard InChI is InChI=1S/C13H19N3O3/c1-10(2)12(16(3)9-17)15-13(18)19-8-11-5-4-6-14-7-11/h4-7,9-10,12H,8H2,1-3H3,(H,15,18). The van der Waals surface area contributed by atoms with Gasteiger partial charge in [-0.2, -0.15) is 0 Å². The Morgan fingerprint density at radius 1 is 1.58 bits per heavy atom. The van der Waals surface area contributed by atoms with E-state index in [0.29, 0.717) is 6.41 Å². The van der Waals surface area contributed by atoms with Crippen molar-refractivity contribution < 1.29 is 14.3 Å². The van der Waals surface area contributed by atoms with Crippen molar-refractivity contribution in [2.45, 2.75) is 26.6 Å². The van der Waals surface area contributed by atoms with Crippen LogP contribution in [-0.2, 0) is 16.1 Å². The highest BCUT2D eigenvalue weighted by Gasteiger charge is 2.20. The number of nitrogens with one attached hydrogen (secondary N) is 1. The molecular formula is C13H19N3O3. The number of amides is 2. The zero-order chi connectivity index (χ0) is 14.3. The maximum Gasteiger partial charge on any atom is 0.409 e. The van der Waals surface area contributed by atoms with E-state index in [-0.39, 0.29) is 18.7 Å². The van der Waals surface area contributed by atoms with Crippen molar-refractivity contribution in [2.24, 2.45) is 5.92 Å². The summed E-state index contributed by atoms with van der Waals surface area (Å²) >= 11 is 0. The molecule has 0 aliphatic rings. The monoisotopic (exact) mass is 265 g/mol. The van der Waals surface area contributed by atoms with Crippen LogP contribution in [0.2, 0.25) is 0 Å². The van der Waals surface area contributed by atoms with Gasteiger partial charge in [0.25, 0.3) is 0 Å². The molecule has 1 aromatic heterocycles. The van der Waals surface area contributed by atoms with Crippen molar-refractivity contribution in [1.29, 1.82) is 0 Å². The van der Waals surface area contributed by atoms with Crippen LogP contribution in [0.15, 0.2) is 24.5 Å². The van der Waals surface area contributed by atoms with Gasteiger partial charge in [-0.1, -0.05) is 19.9 Å². The number of pyridine rings is 1. The lowest BCUT2D eigenvalue weighted by atomic mass is 10.1. The Hall–Kier alpha value is -2.11. The van der Waals surface area contributed by atoms with Gasteiger partial charge in [0, 0.05) is 25.0 Å². The molecule has 6 nitrogen and oxygen atoms in total. The Kier molecular flexibility index (Phi) is 5.78. The van der Waals surface area contributed by atoms with Crippen LogP contribution in [0.5, 0.6) is 0 Å². The summed E-state index contributed by atoms with van der Waals surface area (Å²) in [5.74, 6) is 0.0844. The molecule has 0 radical (unpaired) electrons. The van der Waals surface area contributed by atoms with E-state index in [2.05, 4.69) is 10.3 Å². The lowest BCUT2D eigenvalue weighted by Gasteiger charge is -2.28. The van der Waals surface area contributed by atoms with Crippen LogP contribution in [0.1, 0.15) is 19.4 Å². The van der Waals surface area contributed by atoms with Crippen molar-refractivity contribution in [2.75, 3.05) is 7.05 Å². The number of carbonyl (C=O) groups excluding carboxylic acids is 2. The molecule has 2 amide bonds. The molecule has 0 saturated carbocycles. The Bertz CT molecular complexity index is 409. The Labute approximate surface area is 112 Å². The summed E-state index contributed by atoms with van der Waals surface area (Å²) in [6.45, 7) is 3.97. The first-order chi connectivity index (χ1) is 9.04. The number of nitrogens with zero attached hydrogens (tertiary/aromatic N) is 2. The number of rotatable bonds is 6. The average Bonchev–Trinajstić information content (AvgIpc) is 2.42. The third-order valence-corrected chi connectivity index (χ3v) is 2.59. The largest absolute Gasteiger partial charge is 0.445 e. The lowest BCUT2D eigenvalue weighted by Crippen LogP contribution is -2.49. The Morgan fingerprint density at radius 3 is 2.84 bits per heavy atom. The molecule has 1 unspecified atom stereocenters. The highest BCUT2D eigenvalue weighted by atomic mass is 16.5. The zero-order valence-electron chi connectivity index (χ0n) is 11.4. The van der Waals surface area contributed by atoms with Crippen LogP contribution < -0.4 is 5.32 Å². The highest BCUT2D eigenvalue weighted by molar-refractivity contribution is 5.68. The molecule has 6 heteroatoms. The van der Waals surface area contributed by atoms with E-state index in [1.807, 2.05) is 19.9 Å². The number of alkyl carbamates (subject to hydrolysis) is 1. The van der Waals surface area contributed by atoms with Gasteiger partial charge in [0.2, 0.25) is 6.41 Å². The lowest BCUT2D eigenvalue weighted by molar-refractivity contribution is -0.120. The minimum Gasteiger partial charge on any atom is -0.445 e. The zero-order valence-corrected chi connectivity index (χ0v) is 11.4. The molecule has 104 valence electrons. The van der Waals surface area contributed by atoms with E-state index in [1.54, 1.807) is 25.5 Å². The van der Waals surface area contributed by atoms with Gasteiger partial charge in [0.05, 0.1) is 0 Å². The fourth-order valence-corrected chi connectivity index (χ4v) is 1.60. The molecular weight excluding hydrogens is 246 g/mol. The third kappa shape index (κ3) is 4.95. The van der Waals surface area contributed by atoms with E-state index < -0.39 is 6.09 Å². The molecule has 19 heavy (non-hydrogen) atoms. The van der Waals surface area contributed by atoms with E-state index in [1.165, 1.54) is 4.90 Å². The molecule has 1 rings (SSSR count). The van der Waals surface area contributed by atoms with Gasteiger partial charge >= 0.3 is 6.09 Å². The van der Waals surface area contributed by atoms with Crippen LogP contribution in [0, 0.1) is 5.92 Å². The minimum atomic E-state index is -0.559. The van der Waals surface area contributed by atoms with Gasteiger partial charge in [0.15, 0.2) is 0 Å². The van der Waals surface area contributed by atoms with Crippen LogP contribution in [0.3, 0.4) is 0 Å². The molecule has 0 spiro atoms. The van der Waals surface area contributed by atoms with Crippen LogP contribution >= 0.6 is 0 Å². The highest BCUT2D eigenvalue weighted by Crippen LogP contribution is 2.05. The number of hydrogen-bond acceptors (Lipinski definition) is 4. The molecule has 1 aromatic rings. The summed E-state index contributed by atoms with van der Waals surface area (Å²) in [6.07, 6.45) is 3.00. The minimum absolute atomic E-state index is 0.0844. The van der Waals surface area contributed by atoms with Crippen LogP contribution in [0.25, 0.3) is 0 Å². The van der Waals surface area contributed by atoms with Crippen LogP contribution in [-0.4, -0.2) is 35.6 Å². The topological polar surface area (TPSA) is 71.5 Å². The molecule has 0 aromatic carbocycles.